The van der Waals surface area contributed by atoms with E-state index >= 15 is 0 Å². The van der Waals surface area contributed by atoms with E-state index in [0.717, 1.165) is 27.6 Å². The predicted octanol–water partition coefficient (Wildman–Crippen LogP) is 4.19. The number of carbonyl (C=O) groups excluding carboxylic acids is 1. The van der Waals surface area contributed by atoms with Gasteiger partial charge in [-0.2, -0.15) is 0 Å². The van der Waals surface area contributed by atoms with Crippen LogP contribution in [-0.4, -0.2) is 42.9 Å². The Kier molecular flexibility index (Phi) is 6.42. The van der Waals surface area contributed by atoms with Crippen molar-refractivity contribution >= 4 is 16.8 Å². The third-order valence-corrected chi connectivity index (χ3v) is 5.54. The average molecular weight is 431 g/mol. The fourth-order valence-corrected chi connectivity index (χ4v) is 3.85. The number of benzene rings is 3. The molecular weight excluding hydrogens is 404 g/mol. The Bertz CT molecular complexity index is 1230. The summed E-state index contributed by atoms with van der Waals surface area (Å²) in [6.45, 7) is -0.152. The number of hydrogen-bond donors (Lipinski definition) is 3. The minimum Gasteiger partial charge on any atom is -0.493 e. The molecule has 6 nitrogen and oxygen atoms in total. The lowest BCUT2D eigenvalue weighted by molar-refractivity contribution is 0.0916. The van der Waals surface area contributed by atoms with Gasteiger partial charge in [0.15, 0.2) is 11.5 Å². The zero-order chi connectivity index (χ0) is 22.5. The van der Waals surface area contributed by atoms with Crippen LogP contribution in [0.4, 0.5) is 0 Å². The molecule has 1 amide bonds. The number of H-pyrrole nitrogens is 1. The summed E-state index contributed by atoms with van der Waals surface area (Å²) in [5, 5.41) is 13.9. The lowest BCUT2D eigenvalue weighted by Gasteiger charge is -2.16. The monoisotopic (exact) mass is 430 g/mol. The summed E-state index contributed by atoms with van der Waals surface area (Å²) in [5.41, 5.74) is 4.41. The minimum atomic E-state index is -0.397. The van der Waals surface area contributed by atoms with Gasteiger partial charge in [0.1, 0.15) is 0 Å². The zero-order valence-corrected chi connectivity index (χ0v) is 18.1. The summed E-state index contributed by atoms with van der Waals surface area (Å²) in [6, 6.07) is 20.6. The van der Waals surface area contributed by atoms with Crippen LogP contribution < -0.4 is 14.8 Å². The molecule has 0 bridgehead atoms. The van der Waals surface area contributed by atoms with E-state index in [1.54, 1.807) is 20.3 Å². The zero-order valence-electron chi connectivity index (χ0n) is 18.1. The summed E-state index contributed by atoms with van der Waals surface area (Å²) < 4.78 is 10.7. The van der Waals surface area contributed by atoms with Crippen LogP contribution >= 0.6 is 0 Å². The molecule has 0 saturated carbocycles. The molecule has 0 fully saturated rings. The third-order valence-electron chi connectivity index (χ3n) is 5.54. The molecule has 4 aromatic rings. The number of aromatic amines is 1. The van der Waals surface area contributed by atoms with E-state index in [2.05, 4.69) is 10.3 Å². The highest BCUT2D eigenvalue weighted by Crippen LogP contribution is 2.32. The highest BCUT2D eigenvalue weighted by Gasteiger charge is 2.16. The number of rotatable bonds is 8. The first kappa shape index (κ1) is 21.5. The predicted molar refractivity (Wildman–Crippen MR) is 125 cm³/mol. The Balaban J connectivity index is 1.52. The number of ether oxygens (including phenoxy) is 2. The first-order valence-electron chi connectivity index (χ1n) is 10.4. The van der Waals surface area contributed by atoms with Crippen LogP contribution in [0.5, 0.6) is 11.5 Å². The number of para-hydroxylation sites is 1. The fourth-order valence-electron chi connectivity index (χ4n) is 3.85. The third kappa shape index (κ3) is 4.45. The van der Waals surface area contributed by atoms with Gasteiger partial charge in [0.05, 0.1) is 26.9 Å². The smallest absolute Gasteiger partial charge is 0.251 e. The van der Waals surface area contributed by atoms with Crippen molar-refractivity contribution in [2.75, 3.05) is 20.8 Å². The van der Waals surface area contributed by atoms with Gasteiger partial charge in [-0.1, -0.05) is 36.4 Å². The largest absolute Gasteiger partial charge is 0.493 e. The lowest BCUT2D eigenvalue weighted by Crippen LogP contribution is -2.39. The first-order valence-corrected chi connectivity index (χ1v) is 10.4. The van der Waals surface area contributed by atoms with Gasteiger partial charge in [0.25, 0.3) is 5.91 Å². The van der Waals surface area contributed by atoms with Gasteiger partial charge in [0.2, 0.25) is 0 Å². The van der Waals surface area contributed by atoms with Crippen LogP contribution in [0.2, 0.25) is 0 Å². The molecule has 0 aliphatic heterocycles. The number of hydrogen-bond acceptors (Lipinski definition) is 4. The van der Waals surface area contributed by atoms with Crippen LogP contribution in [0, 0.1) is 0 Å². The molecular formula is C26H26N2O4. The summed E-state index contributed by atoms with van der Waals surface area (Å²) in [7, 11) is 3.19. The highest BCUT2D eigenvalue weighted by molar-refractivity contribution is 5.95. The van der Waals surface area contributed by atoms with E-state index in [4.69, 9.17) is 9.47 Å². The van der Waals surface area contributed by atoms with Crippen LogP contribution in [0.15, 0.2) is 72.9 Å². The van der Waals surface area contributed by atoms with Crippen molar-refractivity contribution in [2.45, 2.75) is 12.5 Å². The maximum absolute atomic E-state index is 12.9. The molecule has 1 aromatic heterocycles. The molecule has 0 unspecified atom stereocenters. The summed E-state index contributed by atoms with van der Waals surface area (Å²) in [4.78, 5) is 16.2. The molecule has 1 atom stereocenters. The van der Waals surface area contributed by atoms with Gasteiger partial charge in [-0.15, -0.1) is 0 Å². The van der Waals surface area contributed by atoms with Crippen molar-refractivity contribution in [1.82, 2.24) is 10.3 Å². The van der Waals surface area contributed by atoms with Crippen molar-refractivity contribution < 1.29 is 19.4 Å². The van der Waals surface area contributed by atoms with Gasteiger partial charge in [-0.05, 0) is 53.4 Å². The van der Waals surface area contributed by atoms with Crippen molar-refractivity contribution in [3.63, 3.8) is 0 Å². The Hall–Kier alpha value is -3.77. The lowest BCUT2D eigenvalue weighted by atomic mass is 10.0. The van der Waals surface area contributed by atoms with E-state index < -0.39 is 6.04 Å². The Morgan fingerprint density at radius 2 is 1.75 bits per heavy atom. The second-order valence-corrected chi connectivity index (χ2v) is 7.57. The minimum absolute atomic E-state index is 0.152. The number of aromatic nitrogens is 1. The second-order valence-electron chi connectivity index (χ2n) is 7.57. The SMILES string of the molecule is COc1ccc(-c2cccc(C(=O)N[C@H](CO)Cc3c[nH]c4ccccc34)c2)cc1OC. The summed E-state index contributed by atoms with van der Waals surface area (Å²) >= 11 is 0. The Morgan fingerprint density at radius 3 is 2.53 bits per heavy atom. The van der Waals surface area contributed by atoms with E-state index in [1.165, 1.54) is 0 Å². The molecule has 32 heavy (non-hydrogen) atoms. The topological polar surface area (TPSA) is 83.6 Å². The van der Waals surface area contributed by atoms with Gasteiger partial charge in [0, 0.05) is 22.7 Å². The summed E-state index contributed by atoms with van der Waals surface area (Å²) in [5.74, 6) is 1.04. The maximum Gasteiger partial charge on any atom is 0.251 e. The van der Waals surface area contributed by atoms with Crippen LogP contribution in [0.25, 0.3) is 22.0 Å². The molecule has 0 radical (unpaired) electrons. The number of aliphatic hydroxyl groups excluding tert-OH is 1. The normalized spacial score (nSPS) is 11.8. The van der Waals surface area contributed by atoms with Crippen LogP contribution in [-0.2, 0) is 6.42 Å². The molecule has 0 spiro atoms. The van der Waals surface area contributed by atoms with Gasteiger partial charge >= 0.3 is 0 Å². The maximum atomic E-state index is 12.9. The quantitative estimate of drug-likeness (QED) is 0.392. The van der Waals surface area contributed by atoms with Crippen LogP contribution in [0.3, 0.4) is 0 Å². The average Bonchev–Trinajstić information content (AvgIpc) is 3.25. The standard InChI is InChI=1S/C26H26N2O4/c1-31-24-11-10-18(14-25(24)32-2)17-6-5-7-19(12-17)26(30)28-21(16-29)13-20-15-27-23-9-4-3-8-22(20)23/h3-12,14-15,21,27,29H,13,16H2,1-2H3,(H,28,30)/t21-/m0/s1. The number of amides is 1. The molecule has 0 aliphatic carbocycles. The molecule has 6 heteroatoms. The molecule has 164 valence electrons. The van der Waals surface area contributed by atoms with E-state index in [9.17, 15) is 9.90 Å². The number of methoxy groups -OCH3 is 2. The van der Waals surface area contributed by atoms with E-state index in [-0.39, 0.29) is 12.5 Å². The van der Waals surface area contributed by atoms with Crippen molar-refractivity contribution in [1.29, 1.82) is 0 Å². The van der Waals surface area contributed by atoms with Crippen molar-refractivity contribution in [3.05, 3.63) is 84.1 Å². The van der Waals surface area contributed by atoms with Crippen LogP contribution in [0.1, 0.15) is 15.9 Å². The Labute approximate surface area is 186 Å². The van der Waals surface area contributed by atoms with E-state index in [1.807, 2.05) is 66.9 Å². The van der Waals surface area contributed by atoms with Gasteiger partial charge in [-0.25, -0.2) is 0 Å². The molecule has 0 saturated heterocycles. The Morgan fingerprint density at radius 1 is 0.969 bits per heavy atom. The molecule has 3 aromatic carbocycles. The molecule has 4 rings (SSSR count). The van der Waals surface area contributed by atoms with Gasteiger partial charge in [-0.3, -0.25) is 4.79 Å². The molecule has 0 aliphatic rings. The van der Waals surface area contributed by atoms with Crippen molar-refractivity contribution in [2.24, 2.45) is 0 Å². The molecule has 3 N–H and O–H groups in total. The van der Waals surface area contributed by atoms with Gasteiger partial charge < -0.3 is 24.9 Å². The summed E-state index contributed by atoms with van der Waals surface area (Å²) in [6.07, 6.45) is 2.46. The second kappa shape index (κ2) is 9.58. The number of aliphatic hydroxyl groups is 1. The van der Waals surface area contributed by atoms with E-state index in [0.29, 0.717) is 23.5 Å². The molecule has 1 heterocycles. The number of nitrogens with one attached hydrogen (secondary N) is 2. The fraction of sp³-hybridized carbons (Fsp3) is 0.192. The first-order chi connectivity index (χ1) is 15.6. The number of fused-ring (bicyclic) bond motifs is 1. The highest BCUT2D eigenvalue weighted by atomic mass is 16.5. The van der Waals surface area contributed by atoms with Crippen molar-refractivity contribution in [3.8, 4) is 22.6 Å². The number of carbonyl (C=O) groups is 1.